The van der Waals surface area contributed by atoms with Crippen molar-refractivity contribution in [2.24, 2.45) is 0 Å². The van der Waals surface area contributed by atoms with Gasteiger partial charge >= 0.3 is 53.7 Å². The van der Waals surface area contributed by atoms with E-state index in [1.54, 1.807) is 0 Å². The smallest absolute Gasteiger partial charge is 0.341 e. The second kappa shape index (κ2) is 40.9. The first kappa shape index (κ1) is 90.0. The summed E-state index contributed by atoms with van der Waals surface area (Å²) in [5.74, 6) is -15.2. The number of rotatable bonds is 36. The normalized spacial score (nSPS) is 10.6. The maximum absolute atomic E-state index is 11.3. The molecule has 3 aromatic heterocycles. The monoisotopic (exact) mass is 1740 g/mol. The lowest BCUT2D eigenvalue weighted by molar-refractivity contribution is -0.140. The van der Waals surface area contributed by atoms with Crippen molar-refractivity contribution >= 4 is 53.7 Å². The zero-order valence-electron chi connectivity index (χ0n) is 63.9. The predicted molar refractivity (Wildman–Crippen MR) is 422 cm³/mol. The summed E-state index contributed by atoms with van der Waals surface area (Å²) in [7, 11) is 0. The minimum absolute atomic E-state index is 0.0166. The lowest BCUT2D eigenvalue weighted by Gasteiger charge is -2.14. The van der Waals surface area contributed by atoms with Crippen LogP contribution in [0.15, 0.2) is 164 Å². The SMILES string of the molecule is O=C(O)COc1ccc(-c2nc(-c3ccc(O)cc3O)nc(-c3ccc(OCC(=O)O)cc3O)n2)c(O)c1.O=C(O)COc1ccc(-c2nc(-c3ccc(OCC(=O)O)cc3O)nc(-c3ccc(OCC(=O)O)cc3O)n2)c(O)c1.O=C(O)COc1ccc(-c2nc(-c3ccc(OCC(=O)O)cc3O)nc(-c3ccc(OCC(=O)O)cc3OCC(=O)O)n2)c(O)c1. The summed E-state index contributed by atoms with van der Waals surface area (Å²) in [5, 5.41) is 175. The van der Waals surface area contributed by atoms with Crippen LogP contribution in [0.5, 0.6) is 103 Å². The third-order valence-corrected chi connectivity index (χ3v) is 16.0. The number of aromatic nitrogens is 9. The van der Waals surface area contributed by atoms with Gasteiger partial charge in [0.05, 0.1) is 50.1 Å². The molecule has 12 aromatic rings. The summed E-state index contributed by atoms with van der Waals surface area (Å²) < 4.78 is 46.1. The fourth-order valence-corrected chi connectivity index (χ4v) is 10.6. The third-order valence-electron chi connectivity index (χ3n) is 16.0. The van der Waals surface area contributed by atoms with Gasteiger partial charge in [-0.15, -0.1) is 0 Å². The van der Waals surface area contributed by atoms with E-state index in [0.717, 1.165) is 36.4 Å². The molecule has 45 heteroatoms. The van der Waals surface area contributed by atoms with Crippen LogP contribution in [0.3, 0.4) is 0 Å². The Kier molecular flexibility index (Phi) is 29.2. The standard InChI is InChI=1S/C29H23N3O14.C27H21N3O12.C25H19N3O10/c33-20-7-14(43-10-23(35)36)1-4-17(20)27-30-28(18-5-2-15(8-21(18)34)44-11-24(37)38)32-29(31-27)19-6-3-16(45-12-25(39)40)9-22(19)46-13-26(41)42;31-19-7-13(40-10-22(34)35)1-4-16(19)25-28-26(17-5-2-14(8-20(17)32)41-11-23(36)37)30-27(29-25)18-6-3-15(9-21(18)33)42-12-24(38)39;29-12-1-4-15(18(30)7-12)23-26-24(16-5-2-13(8-19(16)31)37-10-21(33)34)28-25(27-23)17-6-3-14(9-20(17)32)38-11-22(35)36/h1-9,33-34H,10-13H2,(H,35,36)(H,37,38)(H,39,40)(H,41,42);1-9,31-33H,10-12H2,(H,34,35)(H,36,37)(H,38,39);1-9,29-32H,10-11H2,(H,33,34)(H,35,36). The molecule has 45 nitrogen and oxygen atoms in total. The Hall–Kier alpha value is -18.4. The molecule has 0 bridgehead atoms. The van der Waals surface area contributed by atoms with Crippen LogP contribution in [0.25, 0.3) is 102 Å². The lowest BCUT2D eigenvalue weighted by atomic mass is 10.1. The molecule has 0 saturated heterocycles. The summed E-state index contributed by atoms with van der Waals surface area (Å²) in [6, 6.07) is 34.9. The largest absolute Gasteiger partial charge is 0.508 e. The lowest BCUT2D eigenvalue weighted by Crippen LogP contribution is -2.12. The topological polar surface area (TPSA) is 717 Å². The highest BCUT2D eigenvalue weighted by Gasteiger charge is 2.26. The van der Waals surface area contributed by atoms with E-state index in [2.05, 4.69) is 44.9 Å². The van der Waals surface area contributed by atoms with E-state index < -0.39 is 125 Å². The van der Waals surface area contributed by atoms with Crippen molar-refractivity contribution in [1.29, 1.82) is 0 Å². The summed E-state index contributed by atoms with van der Waals surface area (Å²) in [6.45, 7) is -6.02. The number of aromatic hydroxyl groups is 9. The van der Waals surface area contributed by atoms with E-state index in [1.165, 1.54) is 127 Å². The van der Waals surface area contributed by atoms with Crippen molar-refractivity contribution in [3.8, 4) is 206 Å². The second-order valence-electron chi connectivity index (χ2n) is 25.2. The van der Waals surface area contributed by atoms with Gasteiger partial charge in [0.1, 0.15) is 103 Å². The molecule has 3 heterocycles. The van der Waals surface area contributed by atoms with Gasteiger partial charge in [0.2, 0.25) is 0 Å². The number of carbonyl (C=O) groups is 9. The maximum Gasteiger partial charge on any atom is 0.341 e. The highest BCUT2D eigenvalue weighted by Crippen LogP contribution is 2.43. The Morgan fingerprint density at radius 3 is 0.492 bits per heavy atom. The Balaban J connectivity index is 0.000000198. The van der Waals surface area contributed by atoms with Crippen molar-refractivity contribution in [2.75, 3.05) is 59.5 Å². The fourth-order valence-electron chi connectivity index (χ4n) is 10.6. The number of ether oxygens (including phenoxy) is 9. The first-order chi connectivity index (χ1) is 60.0. The van der Waals surface area contributed by atoms with Gasteiger partial charge in [0.25, 0.3) is 0 Å². The molecular weight excluding hydrogens is 1670 g/mol. The zero-order valence-corrected chi connectivity index (χ0v) is 63.9. The van der Waals surface area contributed by atoms with Crippen molar-refractivity contribution in [3.05, 3.63) is 164 Å². The van der Waals surface area contributed by atoms with Gasteiger partial charge in [0, 0.05) is 54.6 Å². The van der Waals surface area contributed by atoms with E-state index in [4.69, 9.17) is 83.5 Å². The fraction of sp³-hybridized carbons (Fsp3) is 0.111. The van der Waals surface area contributed by atoms with Crippen LogP contribution in [-0.2, 0) is 43.2 Å². The summed E-state index contributed by atoms with van der Waals surface area (Å²) in [5.41, 5.74) is 0.586. The van der Waals surface area contributed by atoms with E-state index in [1.807, 2.05) is 0 Å². The van der Waals surface area contributed by atoms with Gasteiger partial charge < -0.3 is 135 Å². The number of hydrogen-bond acceptors (Lipinski definition) is 36. The van der Waals surface area contributed by atoms with Gasteiger partial charge in [-0.1, -0.05) is 0 Å². The van der Waals surface area contributed by atoms with E-state index in [0.29, 0.717) is 0 Å². The molecule has 0 amide bonds. The quantitative estimate of drug-likeness (QED) is 0.0185. The Morgan fingerprint density at radius 1 is 0.183 bits per heavy atom. The van der Waals surface area contributed by atoms with Crippen LogP contribution in [0, 0.1) is 0 Å². The van der Waals surface area contributed by atoms with E-state index in [-0.39, 0.29) is 194 Å². The van der Waals surface area contributed by atoms with Crippen molar-refractivity contribution in [2.45, 2.75) is 0 Å². The predicted octanol–water partition coefficient (Wildman–Crippen LogP) is 7.14. The van der Waals surface area contributed by atoms with Crippen molar-refractivity contribution < 1.29 is 178 Å². The van der Waals surface area contributed by atoms with Crippen LogP contribution >= 0.6 is 0 Å². The van der Waals surface area contributed by atoms with Gasteiger partial charge in [0.15, 0.2) is 112 Å². The molecule has 0 atom stereocenters. The summed E-state index contributed by atoms with van der Waals surface area (Å²) in [4.78, 5) is 137. The van der Waals surface area contributed by atoms with Crippen LogP contribution in [0.1, 0.15) is 0 Å². The molecule has 0 saturated carbocycles. The third kappa shape index (κ3) is 24.9. The van der Waals surface area contributed by atoms with Crippen LogP contribution in [0.2, 0.25) is 0 Å². The number of phenols is 9. The molecule has 0 aliphatic heterocycles. The molecule has 648 valence electrons. The number of nitrogens with zero attached hydrogens (tertiary/aromatic N) is 9. The van der Waals surface area contributed by atoms with E-state index >= 15 is 0 Å². The second-order valence-corrected chi connectivity index (χ2v) is 25.2. The molecule has 0 radical (unpaired) electrons. The molecular formula is C81H63N9O36. The number of carboxylic acids is 9. The Labute approximate surface area is 702 Å². The molecule has 18 N–H and O–H groups in total. The number of carboxylic acid groups (broad SMARTS) is 9. The number of benzene rings is 9. The summed E-state index contributed by atoms with van der Waals surface area (Å²) in [6.07, 6.45) is 0. The number of hydrogen-bond donors (Lipinski definition) is 18. The van der Waals surface area contributed by atoms with Crippen molar-refractivity contribution in [3.63, 3.8) is 0 Å². The zero-order chi connectivity index (χ0) is 91.2. The Morgan fingerprint density at radius 2 is 0.325 bits per heavy atom. The first-order valence-electron chi connectivity index (χ1n) is 35.4. The average Bonchev–Trinajstić information content (AvgIpc) is 0.785. The molecule has 0 spiro atoms. The minimum Gasteiger partial charge on any atom is -0.508 e. The van der Waals surface area contributed by atoms with E-state index in [9.17, 15) is 94.2 Å². The molecule has 0 fully saturated rings. The van der Waals surface area contributed by atoms with Gasteiger partial charge in [-0.05, 0) is 109 Å². The van der Waals surface area contributed by atoms with Gasteiger partial charge in [-0.3, -0.25) is 0 Å². The molecule has 12 rings (SSSR count). The van der Waals surface area contributed by atoms with Crippen LogP contribution < -0.4 is 42.6 Å². The van der Waals surface area contributed by atoms with Crippen LogP contribution in [-0.4, -0.2) is 250 Å². The molecule has 0 unspecified atom stereocenters. The summed E-state index contributed by atoms with van der Waals surface area (Å²) >= 11 is 0. The molecule has 126 heavy (non-hydrogen) atoms. The average molecular weight is 1740 g/mol. The Bertz CT molecular complexity index is 5820. The number of aliphatic carboxylic acids is 9. The van der Waals surface area contributed by atoms with Crippen LogP contribution in [0.4, 0.5) is 0 Å². The number of phenolic OH excluding ortho intramolecular Hbond substituents is 9. The first-order valence-corrected chi connectivity index (χ1v) is 35.4. The molecule has 0 aliphatic carbocycles. The molecule has 9 aromatic carbocycles. The maximum atomic E-state index is 11.3. The highest BCUT2D eigenvalue weighted by molar-refractivity contribution is 5.81. The minimum atomic E-state index is -1.33. The van der Waals surface area contributed by atoms with Crippen molar-refractivity contribution in [1.82, 2.24) is 44.9 Å². The highest BCUT2D eigenvalue weighted by atomic mass is 16.5. The van der Waals surface area contributed by atoms with Gasteiger partial charge in [-0.25, -0.2) is 88.0 Å². The molecule has 0 aliphatic rings. The van der Waals surface area contributed by atoms with Gasteiger partial charge in [-0.2, -0.15) is 0 Å².